The molecule has 0 aliphatic carbocycles. The Bertz CT molecular complexity index is 845. The van der Waals surface area contributed by atoms with Crippen LogP contribution in [0.3, 0.4) is 0 Å². The number of aromatic nitrogens is 2. The molecular formula is C22H33N7OS. The van der Waals surface area contributed by atoms with Gasteiger partial charge < -0.3 is 20.4 Å². The van der Waals surface area contributed by atoms with Gasteiger partial charge in [0.1, 0.15) is 10.8 Å². The van der Waals surface area contributed by atoms with E-state index in [1.807, 2.05) is 30.0 Å². The number of guanidine groups is 1. The Morgan fingerprint density at radius 2 is 2.03 bits per heavy atom. The van der Waals surface area contributed by atoms with Crippen LogP contribution in [-0.4, -0.2) is 66.0 Å². The largest absolute Gasteiger partial charge is 0.357 e. The molecule has 0 atom stereocenters. The third-order valence-electron chi connectivity index (χ3n) is 5.11. The fraction of sp³-hybridized carbons (Fsp3) is 0.545. The van der Waals surface area contributed by atoms with Gasteiger partial charge in [-0.1, -0.05) is 19.9 Å². The summed E-state index contributed by atoms with van der Waals surface area (Å²) in [4.78, 5) is 30.4. The van der Waals surface area contributed by atoms with E-state index in [-0.39, 0.29) is 5.91 Å². The van der Waals surface area contributed by atoms with Crippen LogP contribution >= 0.6 is 11.3 Å². The average Bonchev–Trinajstić information content (AvgIpc) is 3.27. The van der Waals surface area contributed by atoms with Crippen LogP contribution in [0.1, 0.15) is 43.8 Å². The molecule has 1 saturated heterocycles. The molecule has 3 rings (SSSR count). The van der Waals surface area contributed by atoms with Crippen molar-refractivity contribution in [3.63, 3.8) is 0 Å². The smallest absolute Gasteiger partial charge is 0.224 e. The fourth-order valence-corrected chi connectivity index (χ4v) is 4.20. The summed E-state index contributed by atoms with van der Waals surface area (Å²) >= 11 is 1.64. The van der Waals surface area contributed by atoms with E-state index < -0.39 is 0 Å². The molecule has 0 radical (unpaired) electrons. The molecule has 0 aromatic carbocycles. The second-order valence-corrected chi connectivity index (χ2v) is 8.69. The van der Waals surface area contributed by atoms with Crippen molar-refractivity contribution in [3.05, 3.63) is 40.5 Å². The molecule has 0 unspecified atom stereocenters. The molecule has 3 heterocycles. The normalized spacial score (nSPS) is 14.8. The number of anilines is 1. The Morgan fingerprint density at radius 3 is 2.68 bits per heavy atom. The molecular weight excluding hydrogens is 410 g/mol. The van der Waals surface area contributed by atoms with Crippen LogP contribution < -0.4 is 15.5 Å². The van der Waals surface area contributed by atoms with Gasteiger partial charge in [0.15, 0.2) is 5.96 Å². The van der Waals surface area contributed by atoms with Gasteiger partial charge in [-0.05, 0) is 25.0 Å². The summed E-state index contributed by atoms with van der Waals surface area (Å²) in [7, 11) is 0. The van der Waals surface area contributed by atoms with Crippen molar-refractivity contribution in [3.8, 4) is 0 Å². The zero-order chi connectivity index (χ0) is 22.1. The number of nitrogens with one attached hydrogen (secondary N) is 2. The molecule has 2 aromatic heterocycles. The lowest BCUT2D eigenvalue weighted by Crippen LogP contribution is -2.49. The average molecular weight is 444 g/mol. The zero-order valence-corrected chi connectivity index (χ0v) is 19.5. The van der Waals surface area contributed by atoms with Crippen LogP contribution in [0.15, 0.2) is 34.8 Å². The first-order valence-electron chi connectivity index (χ1n) is 11.0. The van der Waals surface area contributed by atoms with Gasteiger partial charge in [-0.15, -0.1) is 11.3 Å². The molecule has 31 heavy (non-hydrogen) atoms. The summed E-state index contributed by atoms with van der Waals surface area (Å²) in [6.07, 6.45) is 2.25. The number of rotatable bonds is 8. The van der Waals surface area contributed by atoms with Crippen molar-refractivity contribution >= 4 is 29.0 Å². The molecule has 1 aliphatic heterocycles. The first-order chi connectivity index (χ1) is 15.1. The summed E-state index contributed by atoms with van der Waals surface area (Å²) in [5.41, 5.74) is 1.11. The van der Waals surface area contributed by atoms with Crippen molar-refractivity contribution in [1.29, 1.82) is 0 Å². The van der Waals surface area contributed by atoms with Gasteiger partial charge in [-0.2, -0.15) is 0 Å². The Kier molecular flexibility index (Phi) is 8.63. The predicted molar refractivity (Wildman–Crippen MR) is 127 cm³/mol. The minimum atomic E-state index is 0.172. The van der Waals surface area contributed by atoms with Crippen molar-refractivity contribution < 1.29 is 4.79 Å². The maximum absolute atomic E-state index is 12.6. The first kappa shape index (κ1) is 23.0. The fourth-order valence-electron chi connectivity index (χ4n) is 3.32. The quantitative estimate of drug-likeness (QED) is 0.482. The highest BCUT2D eigenvalue weighted by molar-refractivity contribution is 7.09. The molecule has 8 nitrogen and oxygen atoms in total. The molecule has 0 spiro atoms. The van der Waals surface area contributed by atoms with E-state index in [1.165, 1.54) is 0 Å². The first-order valence-corrected chi connectivity index (χ1v) is 11.8. The van der Waals surface area contributed by atoms with E-state index in [9.17, 15) is 4.79 Å². The maximum Gasteiger partial charge on any atom is 0.224 e. The summed E-state index contributed by atoms with van der Waals surface area (Å²) < 4.78 is 0. The molecule has 0 bridgehead atoms. The van der Waals surface area contributed by atoms with Gasteiger partial charge in [0.05, 0.1) is 12.2 Å². The van der Waals surface area contributed by atoms with Gasteiger partial charge >= 0.3 is 0 Å². The van der Waals surface area contributed by atoms with E-state index in [1.54, 1.807) is 17.5 Å². The Balaban J connectivity index is 1.42. The standard InChI is InChI=1S/C22H33N7OS/c1-4-23-22(26-15-20-27-18(16-31-20)17(2)3)25-10-8-21(30)29-13-11-28(12-14-29)19-7-5-6-9-24-19/h5-7,9,16-17H,4,8,10-15H2,1-3H3,(H2,23,25,26). The molecule has 0 saturated carbocycles. The Morgan fingerprint density at radius 1 is 1.23 bits per heavy atom. The van der Waals surface area contributed by atoms with Gasteiger partial charge in [0.25, 0.3) is 0 Å². The minimum Gasteiger partial charge on any atom is -0.357 e. The third-order valence-corrected chi connectivity index (χ3v) is 5.97. The maximum atomic E-state index is 12.6. The highest BCUT2D eigenvalue weighted by atomic mass is 32.1. The Hall–Kier alpha value is -2.68. The van der Waals surface area contributed by atoms with Gasteiger partial charge in [0.2, 0.25) is 5.91 Å². The number of carbonyl (C=O) groups excluding carboxylic acids is 1. The number of hydrogen-bond donors (Lipinski definition) is 2. The molecule has 9 heteroatoms. The van der Waals surface area contributed by atoms with E-state index in [0.29, 0.717) is 25.4 Å². The monoisotopic (exact) mass is 443 g/mol. The molecule has 1 aliphatic rings. The number of hydrogen-bond acceptors (Lipinski definition) is 6. The van der Waals surface area contributed by atoms with Crippen LogP contribution in [0.5, 0.6) is 0 Å². The van der Waals surface area contributed by atoms with Crippen molar-refractivity contribution in [1.82, 2.24) is 25.5 Å². The lowest BCUT2D eigenvalue weighted by Gasteiger charge is -2.35. The third kappa shape index (κ3) is 6.92. The molecule has 2 aromatic rings. The van der Waals surface area contributed by atoms with E-state index >= 15 is 0 Å². The van der Waals surface area contributed by atoms with Crippen LogP contribution in [0.4, 0.5) is 5.82 Å². The van der Waals surface area contributed by atoms with Gasteiger partial charge in [0, 0.05) is 57.3 Å². The van der Waals surface area contributed by atoms with Crippen LogP contribution in [-0.2, 0) is 11.3 Å². The highest BCUT2D eigenvalue weighted by Gasteiger charge is 2.21. The second kappa shape index (κ2) is 11.6. The van der Waals surface area contributed by atoms with E-state index in [0.717, 1.165) is 55.2 Å². The number of thiazole rings is 1. The SMILES string of the molecule is CCNC(=NCc1nc(C(C)C)cs1)NCCC(=O)N1CCN(c2ccccn2)CC1. The van der Waals surface area contributed by atoms with Crippen LogP contribution in [0, 0.1) is 0 Å². The number of carbonyl (C=O) groups is 1. The Labute approximate surface area is 188 Å². The number of amides is 1. The van der Waals surface area contributed by atoms with Crippen LogP contribution in [0.25, 0.3) is 0 Å². The van der Waals surface area contributed by atoms with E-state index in [4.69, 9.17) is 0 Å². The summed E-state index contributed by atoms with van der Waals surface area (Å²) in [5, 5.41) is 9.61. The lowest BCUT2D eigenvalue weighted by atomic mass is 10.2. The van der Waals surface area contributed by atoms with Crippen molar-refractivity contribution in [2.75, 3.05) is 44.2 Å². The van der Waals surface area contributed by atoms with Crippen LogP contribution in [0.2, 0.25) is 0 Å². The highest BCUT2D eigenvalue weighted by Crippen LogP contribution is 2.18. The molecule has 1 amide bonds. The zero-order valence-electron chi connectivity index (χ0n) is 18.7. The topological polar surface area (TPSA) is 85.7 Å². The van der Waals surface area contributed by atoms with Crippen molar-refractivity contribution in [2.45, 2.75) is 39.7 Å². The number of nitrogens with zero attached hydrogens (tertiary/aromatic N) is 5. The predicted octanol–water partition coefficient (Wildman–Crippen LogP) is 2.46. The summed E-state index contributed by atoms with van der Waals surface area (Å²) in [6, 6.07) is 5.92. The minimum absolute atomic E-state index is 0.172. The lowest BCUT2D eigenvalue weighted by molar-refractivity contribution is -0.131. The van der Waals surface area contributed by atoms with Gasteiger partial charge in [-0.25, -0.2) is 15.0 Å². The van der Waals surface area contributed by atoms with Crippen molar-refractivity contribution in [2.24, 2.45) is 4.99 Å². The van der Waals surface area contributed by atoms with Gasteiger partial charge in [-0.3, -0.25) is 4.79 Å². The number of aliphatic imine (C=N–C) groups is 1. The second-order valence-electron chi connectivity index (χ2n) is 7.75. The molecule has 1 fully saturated rings. The summed E-state index contributed by atoms with van der Waals surface area (Å²) in [6.45, 7) is 11.3. The number of piperazine rings is 1. The summed E-state index contributed by atoms with van der Waals surface area (Å²) in [5.74, 6) is 2.29. The number of pyridine rings is 1. The molecule has 168 valence electrons. The van der Waals surface area contributed by atoms with E-state index in [2.05, 4.69) is 49.7 Å². The molecule has 2 N–H and O–H groups in total.